The maximum absolute atomic E-state index is 11.9. The SMILES string of the molecule is CCOc1ccc(Cl)cc1C=NNC(=O)CC(=O)Nc1ccc(C)cc1. The first kappa shape index (κ1) is 19.5. The van der Waals surface area contributed by atoms with Gasteiger partial charge < -0.3 is 10.1 Å². The van der Waals surface area contributed by atoms with Crippen molar-refractivity contribution in [3.8, 4) is 5.75 Å². The topological polar surface area (TPSA) is 79.8 Å². The number of ether oxygens (including phenoxy) is 1. The molecule has 0 fully saturated rings. The van der Waals surface area contributed by atoms with E-state index in [1.807, 2.05) is 26.0 Å². The van der Waals surface area contributed by atoms with Crippen LogP contribution in [0.5, 0.6) is 5.75 Å². The Balaban J connectivity index is 1.88. The Hall–Kier alpha value is -2.86. The number of amides is 2. The molecule has 0 atom stereocenters. The summed E-state index contributed by atoms with van der Waals surface area (Å²) in [6, 6.07) is 12.4. The molecule has 6 nitrogen and oxygen atoms in total. The predicted octanol–water partition coefficient (Wildman–Crippen LogP) is 3.53. The fourth-order valence-electron chi connectivity index (χ4n) is 2.11. The number of hydrazone groups is 1. The first-order chi connectivity index (χ1) is 12.5. The fraction of sp³-hybridized carbons (Fsp3) is 0.211. The highest BCUT2D eigenvalue weighted by atomic mass is 35.5. The largest absolute Gasteiger partial charge is 0.493 e. The van der Waals surface area contributed by atoms with Gasteiger partial charge in [-0.15, -0.1) is 0 Å². The lowest BCUT2D eigenvalue weighted by molar-refractivity contribution is -0.126. The number of aryl methyl sites for hydroxylation is 1. The summed E-state index contributed by atoms with van der Waals surface area (Å²) in [6.07, 6.45) is 1.09. The predicted molar refractivity (Wildman–Crippen MR) is 103 cm³/mol. The van der Waals surface area contributed by atoms with E-state index < -0.39 is 11.8 Å². The average molecular weight is 374 g/mol. The average Bonchev–Trinajstić information content (AvgIpc) is 2.59. The van der Waals surface area contributed by atoms with Crippen LogP contribution in [-0.2, 0) is 9.59 Å². The van der Waals surface area contributed by atoms with Crippen molar-refractivity contribution in [1.29, 1.82) is 0 Å². The highest BCUT2D eigenvalue weighted by molar-refractivity contribution is 6.30. The number of carbonyl (C=O) groups is 2. The summed E-state index contributed by atoms with van der Waals surface area (Å²) >= 11 is 5.96. The lowest BCUT2D eigenvalue weighted by Gasteiger charge is -2.07. The van der Waals surface area contributed by atoms with Gasteiger partial charge in [0.1, 0.15) is 12.2 Å². The molecule has 26 heavy (non-hydrogen) atoms. The molecule has 2 aromatic carbocycles. The van der Waals surface area contributed by atoms with Gasteiger partial charge in [-0.1, -0.05) is 29.3 Å². The van der Waals surface area contributed by atoms with Crippen LogP contribution in [-0.4, -0.2) is 24.6 Å². The van der Waals surface area contributed by atoms with Gasteiger partial charge >= 0.3 is 0 Å². The molecule has 0 unspecified atom stereocenters. The van der Waals surface area contributed by atoms with E-state index in [2.05, 4.69) is 15.8 Å². The molecule has 0 bridgehead atoms. The van der Waals surface area contributed by atoms with Crippen LogP contribution in [0.25, 0.3) is 0 Å². The van der Waals surface area contributed by atoms with Crippen LogP contribution < -0.4 is 15.5 Å². The van der Waals surface area contributed by atoms with Gasteiger partial charge in [0, 0.05) is 16.3 Å². The van der Waals surface area contributed by atoms with E-state index in [1.165, 1.54) is 6.21 Å². The Kier molecular flexibility index (Phi) is 7.17. The zero-order chi connectivity index (χ0) is 18.9. The maximum atomic E-state index is 11.9. The van der Waals surface area contributed by atoms with E-state index in [0.717, 1.165) is 5.56 Å². The third-order valence-electron chi connectivity index (χ3n) is 3.32. The summed E-state index contributed by atoms with van der Waals surface area (Å²) in [5.41, 5.74) is 4.67. The van der Waals surface area contributed by atoms with Crippen molar-refractivity contribution >= 4 is 35.3 Å². The summed E-state index contributed by atoms with van der Waals surface area (Å²) in [4.78, 5) is 23.7. The molecule has 7 heteroatoms. The highest BCUT2D eigenvalue weighted by Crippen LogP contribution is 2.21. The van der Waals surface area contributed by atoms with E-state index in [1.54, 1.807) is 30.3 Å². The zero-order valence-corrected chi connectivity index (χ0v) is 15.3. The van der Waals surface area contributed by atoms with Crippen molar-refractivity contribution in [2.45, 2.75) is 20.3 Å². The number of benzene rings is 2. The number of hydrogen-bond acceptors (Lipinski definition) is 4. The van der Waals surface area contributed by atoms with Crippen LogP contribution in [0.3, 0.4) is 0 Å². The van der Waals surface area contributed by atoms with E-state index in [-0.39, 0.29) is 6.42 Å². The number of rotatable bonds is 7. The Morgan fingerprint density at radius 2 is 1.88 bits per heavy atom. The molecular weight excluding hydrogens is 354 g/mol. The van der Waals surface area contributed by atoms with Gasteiger partial charge in [0.15, 0.2) is 0 Å². The van der Waals surface area contributed by atoms with Crippen LogP contribution >= 0.6 is 11.6 Å². The second-order valence-electron chi connectivity index (χ2n) is 5.50. The lowest BCUT2D eigenvalue weighted by Crippen LogP contribution is -2.24. The number of anilines is 1. The molecule has 0 radical (unpaired) electrons. The van der Waals surface area contributed by atoms with Gasteiger partial charge in [-0.05, 0) is 44.2 Å². The number of carbonyl (C=O) groups excluding carboxylic acids is 2. The van der Waals surface area contributed by atoms with E-state index >= 15 is 0 Å². The van der Waals surface area contributed by atoms with Crippen LogP contribution in [0.1, 0.15) is 24.5 Å². The molecule has 0 spiro atoms. The van der Waals surface area contributed by atoms with Crippen molar-refractivity contribution in [2.24, 2.45) is 5.10 Å². The molecule has 2 N–H and O–H groups in total. The lowest BCUT2D eigenvalue weighted by atomic mass is 10.2. The van der Waals surface area contributed by atoms with Gasteiger partial charge in [-0.25, -0.2) is 5.43 Å². The van der Waals surface area contributed by atoms with Crippen molar-refractivity contribution < 1.29 is 14.3 Å². The monoisotopic (exact) mass is 373 g/mol. The fourth-order valence-corrected chi connectivity index (χ4v) is 2.29. The van der Waals surface area contributed by atoms with Gasteiger partial charge in [-0.2, -0.15) is 5.10 Å². The third-order valence-corrected chi connectivity index (χ3v) is 3.56. The van der Waals surface area contributed by atoms with E-state index in [0.29, 0.717) is 28.6 Å². The summed E-state index contributed by atoms with van der Waals surface area (Å²) < 4.78 is 5.46. The summed E-state index contributed by atoms with van der Waals surface area (Å²) in [5, 5.41) is 7.03. The van der Waals surface area contributed by atoms with Crippen LogP contribution in [0.4, 0.5) is 5.69 Å². The highest BCUT2D eigenvalue weighted by Gasteiger charge is 2.09. The number of halogens is 1. The van der Waals surface area contributed by atoms with Crippen molar-refractivity contribution in [3.63, 3.8) is 0 Å². The molecule has 0 aliphatic rings. The zero-order valence-electron chi connectivity index (χ0n) is 14.6. The van der Waals surface area contributed by atoms with Gasteiger partial charge in [0.2, 0.25) is 11.8 Å². The summed E-state index contributed by atoms with van der Waals surface area (Å²) in [5.74, 6) is -0.336. The molecule has 0 saturated carbocycles. The first-order valence-electron chi connectivity index (χ1n) is 8.08. The minimum atomic E-state index is -0.522. The van der Waals surface area contributed by atoms with E-state index in [4.69, 9.17) is 16.3 Å². The molecule has 0 aliphatic heterocycles. The minimum Gasteiger partial charge on any atom is -0.493 e. The molecule has 0 saturated heterocycles. The second kappa shape index (κ2) is 9.58. The Morgan fingerprint density at radius 1 is 1.15 bits per heavy atom. The van der Waals surface area contributed by atoms with E-state index in [9.17, 15) is 9.59 Å². The maximum Gasteiger partial charge on any atom is 0.249 e. The Labute approximate surface area is 157 Å². The summed E-state index contributed by atoms with van der Waals surface area (Å²) in [7, 11) is 0. The molecular formula is C19H20ClN3O3. The Bertz CT molecular complexity index is 804. The molecule has 2 amide bonds. The second-order valence-corrected chi connectivity index (χ2v) is 5.94. The molecule has 2 aromatic rings. The molecule has 136 valence electrons. The van der Waals surface area contributed by atoms with Gasteiger partial charge in [0.05, 0.1) is 12.8 Å². The van der Waals surface area contributed by atoms with Gasteiger partial charge in [0.25, 0.3) is 0 Å². The minimum absolute atomic E-state index is 0.334. The number of nitrogens with one attached hydrogen (secondary N) is 2. The smallest absolute Gasteiger partial charge is 0.249 e. The Morgan fingerprint density at radius 3 is 2.58 bits per heavy atom. The van der Waals surface area contributed by atoms with Crippen LogP contribution in [0, 0.1) is 6.92 Å². The molecule has 0 aliphatic carbocycles. The van der Waals surface area contributed by atoms with Crippen LogP contribution in [0.2, 0.25) is 5.02 Å². The summed E-state index contributed by atoms with van der Waals surface area (Å²) in [6.45, 7) is 4.31. The number of hydrogen-bond donors (Lipinski definition) is 2. The molecule has 2 rings (SSSR count). The molecule has 0 heterocycles. The normalized spacial score (nSPS) is 10.6. The van der Waals surface area contributed by atoms with Crippen molar-refractivity contribution in [2.75, 3.05) is 11.9 Å². The van der Waals surface area contributed by atoms with Gasteiger partial charge in [-0.3, -0.25) is 9.59 Å². The standard InChI is InChI=1S/C19H20ClN3O3/c1-3-26-17-9-6-15(20)10-14(17)12-21-23-19(25)11-18(24)22-16-7-4-13(2)5-8-16/h4-10,12H,3,11H2,1-2H3,(H,22,24)(H,23,25). The number of nitrogens with zero attached hydrogens (tertiary/aromatic N) is 1. The molecule has 0 aromatic heterocycles. The third kappa shape index (κ3) is 6.22. The first-order valence-corrected chi connectivity index (χ1v) is 8.46. The van der Waals surface area contributed by atoms with Crippen molar-refractivity contribution in [1.82, 2.24) is 5.43 Å². The quantitative estimate of drug-likeness (QED) is 0.442. The van der Waals surface area contributed by atoms with Crippen LogP contribution in [0.15, 0.2) is 47.6 Å². The van der Waals surface area contributed by atoms with Crippen molar-refractivity contribution in [3.05, 3.63) is 58.6 Å².